The summed E-state index contributed by atoms with van der Waals surface area (Å²) >= 11 is 0. The van der Waals surface area contributed by atoms with Gasteiger partial charge in [-0.3, -0.25) is 4.79 Å². The highest BCUT2D eigenvalue weighted by molar-refractivity contribution is 5.74. The van der Waals surface area contributed by atoms with Gasteiger partial charge in [-0.2, -0.15) is 0 Å². The summed E-state index contributed by atoms with van der Waals surface area (Å²) in [6.07, 6.45) is 1.48. The van der Waals surface area contributed by atoms with E-state index in [4.69, 9.17) is 5.11 Å². The number of aliphatic carboxylic acids is 1. The van der Waals surface area contributed by atoms with Crippen LogP contribution in [0.15, 0.2) is 12.3 Å². The smallest absolute Gasteiger partial charge is 0.307 e. The van der Waals surface area contributed by atoms with Gasteiger partial charge in [0.2, 0.25) is 0 Å². The molecule has 0 unspecified atom stereocenters. The normalized spacial score (nSPS) is 10.6. The summed E-state index contributed by atoms with van der Waals surface area (Å²) in [4.78, 5) is 23.3. The number of nitrogens with zero attached hydrogens (tertiary/aromatic N) is 3. The number of carboxylic acids is 1. The van der Waals surface area contributed by atoms with Crippen molar-refractivity contribution < 1.29 is 9.90 Å². The summed E-state index contributed by atoms with van der Waals surface area (Å²) in [6.45, 7) is 3.74. The molecule has 0 saturated heterocycles. The molecule has 16 heavy (non-hydrogen) atoms. The Morgan fingerprint density at radius 3 is 2.69 bits per heavy atom. The van der Waals surface area contributed by atoms with Gasteiger partial charge in [0.15, 0.2) is 5.65 Å². The van der Waals surface area contributed by atoms with E-state index in [1.54, 1.807) is 6.07 Å². The highest BCUT2D eigenvalue weighted by Gasteiger charge is 2.06. The van der Waals surface area contributed by atoms with Gasteiger partial charge in [0.05, 0.1) is 17.8 Å². The molecule has 1 N–H and O–H groups in total. The van der Waals surface area contributed by atoms with Crippen molar-refractivity contribution in [2.45, 2.75) is 20.3 Å². The number of hydrogen-bond donors (Lipinski definition) is 1. The third kappa shape index (κ3) is 1.98. The van der Waals surface area contributed by atoms with Gasteiger partial charge in [0, 0.05) is 6.20 Å². The molecule has 5 heteroatoms. The largest absolute Gasteiger partial charge is 0.481 e. The number of rotatable bonds is 2. The van der Waals surface area contributed by atoms with Crippen molar-refractivity contribution in [2.75, 3.05) is 0 Å². The number of fused-ring (bicyclic) bond motifs is 1. The van der Waals surface area contributed by atoms with Gasteiger partial charge >= 0.3 is 5.97 Å². The summed E-state index contributed by atoms with van der Waals surface area (Å²) < 4.78 is 0. The second kappa shape index (κ2) is 3.84. The van der Waals surface area contributed by atoms with Gasteiger partial charge in [-0.25, -0.2) is 15.0 Å². The fourth-order valence-corrected chi connectivity index (χ4v) is 1.43. The van der Waals surface area contributed by atoms with Gasteiger partial charge in [0.25, 0.3) is 0 Å². The fourth-order valence-electron chi connectivity index (χ4n) is 1.43. The quantitative estimate of drug-likeness (QED) is 0.819. The van der Waals surface area contributed by atoms with E-state index < -0.39 is 5.97 Å². The monoisotopic (exact) mass is 217 g/mol. The van der Waals surface area contributed by atoms with Crippen LogP contribution in [-0.2, 0) is 11.2 Å². The summed E-state index contributed by atoms with van der Waals surface area (Å²) in [5.41, 5.74) is 3.50. The number of aryl methyl sites for hydroxylation is 2. The predicted molar refractivity (Wildman–Crippen MR) is 58.1 cm³/mol. The van der Waals surface area contributed by atoms with Gasteiger partial charge in [-0.15, -0.1) is 0 Å². The van der Waals surface area contributed by atoms with Crippen LogP contribution in [0, 0.1) is 13.8 Å². The maximum absolute atomic E-state index is 10.6. The number of carboxylic acid groups (broad SMARTS) is 1. The van der Waals surface area contributed by atoms with Crippen LogP contribution in [-0.4, -0.2) is 26.0 Å². The average Bonchev–Trinajstić information content (AvgIpc) is 2.19. The molecule has 0 bridgehead atoms. The Morgan fingerprint density at radius 2 is 2.00 bits per heavy atom. The van der Waals surface area contributed by atoms with E-state index in [9.17, 15) is 4.79 Å². The molecule has 2 heterocycles. The molecule has 2 aromatic heterocycles. The zero-order valence-corrected chi connectivity index (χ0v) is 9.06. The van der Waals surface area contributed by atoms with Crippen molar-refractivity contribution in [3.63, 3.8) is 0 Å². The standard InChI is InChI=1S/C11H11N3O2/c1-6-7(2)14-11-9(13-6)3-8(5-12-11)4-10(15)16/h3,5H,4H2,1-2H3,(H,15,16). The molecule has 2 rings (SSSR count). The number of carbonyl (C=O) groups is 1. The molecule has 0 aliphatic rings. The van der Waals surface area contributed by atoms with Gasteiger partial charge in [0.1, 0.15) is 5.52 Å². The SMILES string of the molecule is Cc1nc2cc(CC(=O)O)cnc2nc1C. The first-order valence-corrected chi connectivity index (χ1v) is 4.88. The van der Waals surface area contributed by atoms with Crippen LogP contribution in [0.1, 0.15) is 17.0 Å². The average molecular weight is 217 g/mol. The van der Waals surface area contributed by atoms with Crippen molar-refractivity contribution >= 4 is 17.1 Å². The second-order valence-electron chi connectivity index (χ2n) is 3.65. The van der Waals surface area contributed by atoms with Crippen LogP contribution < -0.4 is 0 Å². The first kappa shape index (κ1) is 10.5. The number of aromatic nitrogens is 3. The van der Waals surface area contributed by atoms with Crippen LogP contribution in [0.4, 0.5) is 0 Å². The maximum atomic E-state index is 10.6. The Bertz CT molecular complexity index is 566. The summed E-state index contributed by atoms with van der Waals surface area (Å²) in [7, 11) is 0. The first-order chi connectivity index (χ1) is 7.56. The van der Waals surface area contributed by atoms with Crippen molar-refractivity contribution in [3.8, 4) is 0 Å². The third-order valence-electron chi connectivity index (χ3n) is 2.34. The van der Waals surface area contributed by atoms with E-state index in [1.165, 1.54) is 6.20 Å². The van der Waals surface area contributed by atoms with E-state index in [-0.39, 0.29) is 6.42 Å². The molecule has 5 nitrogen and oxygen atoms in total. The number of hydrogen-bond acceptors (Lipinski definition) is 4. The molecule has 0 amide bonds. The molecule has 0 saturated carbocycles. The first-order valence-electron chi connectivity index (χ1n) is 4.88. The molecule has 0 aliphatic heterocycles. The van der Waals surface area contributed by atoms with E-state index in [0.29, 0.717) is 16.7 Å². The molecular weight excluding hydrogens is 206 g/mol. The third-order valence-corrected chi connectivity index (χ3v) is 2.34. The Hall–Kier alpha value is -2.04. The second-order valence-corrected chi connectivity index (χ2v) is 3.65. The van der Waals surface area contributed by atoms with Crippen molar-refractivity contribution in [2.24, 2.45) is 0 Å². The lowest BCUT2D eigenvalue weighted by Crippen LogP contribution is -2.02. The van der Waals surface area contributed by atoms with Crippen molar-refractivity contribution in [3.05, 3.63) is 29.2 Å². The Kier molecular flexibility index (Phi) is 2.52. The zero-order valence-electron chi connectivity index (χ0n) is 9.06. The molecular formula is C11H11N3O2. The predicted octanol–water partition coefficient (Wildman–Crippen LogP) is 1.27. The molecule has 0 atom stereocenters. The summed E-state index contributed by atoms with van der Waals surface area (Å²) in [6, 6.07) is 1.72. The maximum Gasteiger partial charge on any atom is 0.307 e. The Morgan fingerprint density at radius 1 is 1.31 bits per heavy atom. The highest BCUT2D eigenvalue weighted by Crippen LogP contribution is 2.12. The minimum absolute atomic E-state index is 0.0441. The zero-order chi connectivity index (χ0) is 11.7. The molecule has 0 aromatic carbocycles. The molecule has 2 aromatic rings. The minimum atomic E-state index is -0.877. The summed E-state index contributed by atoms with van der Waals surface area (Å²) in [5, 5.41) is 8.67. The van der Waals surface area contributed by atoms with Gasteiger partial charge in [-0.05, 0) is 25.5 Å². The lowest BCUT2D eigenvalue weighted by molar-refractivity contribution is -0.136. The van der Waals surface area contributed by atoms with Crippen LogP contribution in [0.5, 0.6) is 0 Å². The topological polar surface area (TPSA) is 76.0 Å². The Balaban J connectivity index is 2.53. The Labute approximate surface area is 92.2 Å². The van der Waals surface area contributed by atoms with E-state index in [2.05, 4.69) is 15.0 Å². The van der Waals surface area contributed by atoms with Crippen LogP contribution in [0.2, 0.25) is 0 Å². The molecule has 0 radical (unpaired) electrons. The molecule has 0 fully saturated rings. The molecule has 0 spiro atoms. The summed E-state index contributed by atoms with van der Waals surface area (Å²) in [5.74, 6) is -0.877. The van der Waals surface area contributed by atoms with Gasteiger partial charge < -0.3 is 5.11 Å². The van der Waals surface area contributed by atoms with E-state index in [1.807, 2.05) is 13.8 Å². The van der Waals surface area contributed by atoms with Crippen molar-refractivity contribution in [1.82, 2.24) is 15.0 Å². The molecule has 0 aliphatic carbocycles. The lowest BCUT2D eigenvalue weighted by Gasteiger charge is -2.02. The van der Waals surface area contributed by atoms with Gasteiger partial charge in [-0.1, -0.05) is 0 Å². The lowest BCUT2D eigenvalue weighted by atomic mass is 10.2. The van der Waals surface area contributed by atoms with Crippen molar-refractivity contribution in [1.29, 1.82) is 0 Å². The van der Waals surface area contributed by atoms with Crippen LogP contribution in [0.3, 0.4) is 0 Å². The van der Waals surface area contributed by atoms with E-state index >= 15 is 0 Å². The van der Waals surface area contributed by atoms with Crippen LogP contribution >= 0.6 is 0 Å². The highest BCUT2D eigenvalue weighted by atomic mass is 16.4. The number of pyridine rings is 1. The van der Waals surface area contributed by atoms with E-state index in [0.717, 1.165) is 11.4 Å². The fraction of sp³-hybridized carbons (Fsp3) is 0.273. The minimum Gasteiger partial charge on any atom is -0.481 e. The molecule has 82 valence electrons. The van der Waals surface area contributed by atoms with Crippen LogP contribution in [0.25, 0.3) is 11.2 Å².